The van der Waals surface area contributed by atoms with Gasteiger partial charge < -0.3 is 9.52 Å². The lowest BCUT2D eigenvalue weighted by Crippen LogP contribution is -2.29. The first-order valence-corrected chi connectivity index (χ1v) is 11.3. The summed E-state index contributed by atoms with van der Waals surface area (Å²) in [5, 5.41) is 15.8. The second-order valence-corrected chi connectivity index (χ2v) is 8.42. The fourth-order valence-corrected chi connectivity index (χ4v) is 4.53. The lowest BCUT2D eigenvalue weighted by atomic mass is 9.99. The molecule has 0 saturated carbocycles. The molecule has 1 saturated heterocycles. The fourth-order valence-electron chi connectivity index (χ4n) is 4.53. The summed E-state index contributed by atoms with van der Waals surface area (Å²) in [5.74, 6) is 0.248. The normalized spacial score (nSPS) is 14.8. The Morgan fingerprint density at radius 1 is 1.12 bits per heavy atom. The first kappa shape index (κ1) is 20.5. The molecule has 1 aliphatic rings. The Balaban J connectivity index is 1.60. The predicted molar refractivity (Wildman–Crippen MR) is 125 cm³/mol. The lowest BCUT2D eigenvalue weighted by molar-refractivity contribution is 0.218. The molecule has 3 heterocycles. The van der Waals surface area contributed by atoms with Crippen molar-refractivity contribution in [1.82, 2.24) is 14.7 Å². The van der Waals surface area contributed by atoms with Gasteiger partial charge in [-0.05, 0) is 56.1 Å². The van der Waals surface area contributed by atoms with Crippen LogP contribution < -0.4 is 5.43 Å². The smallest absolute Gasteiger partial charge is 0.200 e. The first-order valence-electron chi connectivity index (χ1n) is 11.3. The molecule has 0 spiro atoms. The molecular formula is C26H27N3O3. The Kier molecular flexibility index (Phi) is 5.53. The SMILES string of the molecule is CCc1cc2c(=O)c(-c3cnn(-c4ccccc4)c3)coc2c(CN2CCCCC2)c1O. The number of aromatic nitrogens is 2. The highest BCUT2D eigenvalue weighted by atomic mass is 16.3. The van der Waals surface area contributed by atoms with Crippen molar-refractivity contribution in [3.8, 4) is 22.6 Å². The molecule has 0 radical (unpaired) electrons. The van der Waals surface area contributed by atoms with Crippen LogP contribution >= 0.6 is 0 Å². The molecule has 0 atom stereocenters. The van der Waals surface area contributed by atoms with Crippen LogP contribution in [0.5, 0.6) is 5.75 Å². The van der Waals surface area contributed by atoms with Gasteiger partial charge in [0.25, 0.3) is 0 Å². The minimum atomic E-state index is -0.103. The highest BCUT2D eigenvalue weighted by molar-refractivity contribution is 5.86. The highest BCUT2D eigenvalue weighted by Gasteiger charge is 2.21. The number of aryl methyl sites for hydroxylation is 1. The van der Waals surface area contributed by atoms with Crippen molar-refractivity contribution in [3.63, 3.8) is 0 Å². The summed E-state index contributed by atoms with van der Waals surface area (Å²) in [6, 6.07) is 11.6. The summed E-state index contributed by atoms with van der Waals surface area (Å²) in [6.07, 6.45) is 9.22. The molecule has 164 valence electrons. The van der Waals surface area contributed by atoms with Gasteiger partial charge in [-0.15, -0.1) is 0 Å². The van der Waals surface area contributed by atoms with E-state index in [1.54, 1.807) is 16.9 Å². The van der Waals surface area contributed by atoms with Crippen molar-refractivity contribution in [1.29, 1.82) is 0 Å². The molecule has 6 nitrogen and oxygen atoms in total. The quantitative estimate of drug-likeness (QED) is 0.489. The number of nitrogens with zero attached hydrogens (tertiary/aromatic N) is 3. The molecular weight excluding hydrogens is 402 g/mol. The van der Waals surface area contributed by atoms with Crippen molar-refractivity contribution in [3.05, 3.63) is 76.4 Å². The number of fused-ring (bicyclic) bond motifs is 1. The molecule has 0 aliphatic carbocycles. The third-order valence-corrected chi connectivity index (χ3v) is 6.34. The van der Waals surface area contributed by atoms with E-state index in [1.807, 2.05) is 43.5 Å². The molecule has 2 aromatic carbocycles. The van der Waals surface area contributed by atoms with E-state index in [0.29, 0.717) is 40.6 Å². The van der Waals surface area contributed by atoms with Crippen LogP contribution in [0.4, 0.5) is 0 Å². The summed E-state index contributed by atoms with van der Waals surface area (Å²) in [4.78, 5) is 15.8. The molecule has 0 unspecified atom stereocenters. The molecule has 4 aromatic rings. The summed E-state index contributed by atoms with van der Waals surface area (Å²) in [7, 11) is 0. The highest BCUT2D eigenvalue weighted by Crippen LogP contribution is 2.33. The van der Waals surface area contributed by atoms with Gasteiger partial charge in [-0.2, -0.15) is 5.10 Å². The minimum Gasteiger partial charge on any atom is -0.507 e. The minimum absolute atomic E-state index is 0.103. The third-order valence-electron chi connectivity index (χ3n) is 6.34. The number of aromatic hydroxyl groups is 1. The number of piperidine rings is 1. The van der Waals surface area contributed by atoms with Gasteiger partial charge in [-0.25, -0.2) is 4.68 Å². The Morgan fingerprint density at radius 2 is 1.91 bits per heavy atom. The zero-order valence-corrected chi connectivity index (χ0v) is 18.3. The first-order chi connectivity index (χ1) is 15.7. The van der Waals surface area contributed by atoms with E-state index < -0.39 is 0 Å². The molecule has 6 heteroatoms. The summed E-state index contributed by atoms with van der Waals surface area (Å²) in [6.45, 7) is 4.57. The Hall–Kier alpha value is -3.38. The molecule has 5 rings (SSSR count). The molecule has 1 fully saturated rings. The number of benzene rings is 2. The number of likely N-dealkylation sites (tertiary alicyclic amines) is 1. The second-order valence-electron chi connectivity index (χ2n) is 8.42. The van der Waals surface area contributed by atoms with Crippen molar-refractivity contribution < 1.29 is 9.52 Å². The Morgan fingerprint density at radius 3 is 2.66 bits per heavy atom. The predicted octanol–water partition coefficient (Wildman–Crippen LogP) is 4.90. The average Bonchev–Trinajstić information content (AvgIpc) is 3.32. The van der Waals surface area contributed by atoms with Crippen LogP contribution in [0.25, 0.3) is 27.8 Å². The summed E-state index contributed by atoms with van der Waals surface area (Å²) in [5.41, 5.74) is 3.96. The summed E-state index contributed by atoms with van der Waals surface area (Å²) < 4.78 is 7.77. The number of phenols is 1. The average molecular weight is 430 g/mol. The Bertz CT molecular complexity index is 1300. The summed E-state index contributed by atoms with van der Waals surface area (Å²) >= 11 is 0. The van der Waals surface area contributed by atoms with Crippen molar-refractivity contribution in [2.75, 3.05) is 13.1 Å². The number of hydrogen-bond donors (Lipinski definition) is 1. The monoisotopic (exact) mass is 429 g/mol. The van der Waals surface area contributed by atoms with Gasteiger partial charge in [0.1, 0.15) is 17.6 Å². The van der Waals surface area contributed by atoms with E-state index in [2.05, 4.69) is 10.00 Å². The van der Waals surface area contributed by atoms with E-state index in [0.717, 1.165) is 37.2 Å². The van der Waals surface area contributed by atoms with Gasteiger partial charge in [-0.3, -0.25) is 9.69 Å². The van der Waals surface area contributed by atoms with E-state index in [-0.39, 0.29) is 11.2 Å². The van der Waals surface area contributed by atoms with E-state index >= 15 is 0 Å². The van der Waals surface area contributed by atoms with Gasteiger partial charge in [-0.1, -0.05) is 31.5 Å². The van der Waals surface area contributed by atoms with Crippen LogP contribution in [0, 0.1) is 0 Å². The number of para-hydroxylation sites is 1. The van der Waals surface area contributed by atoms with E-state index in [1.165, 1.54) is 12.7 Å². The topological polar surface area (TPSA) is 71.5 Å². The molecule has 1 N–H and O–H groups in total. The van der Waals surface area contributed by atoms with E-state index in [4.69, 9.17) is 4.42 Å². The van der Waals surface area contributed by atoms with Gasteiger partial charge >= 0.3 is 0 Å². The maximum absolute atomic E-state index is 13.5. The van der Waals surface area contributed by atoms with Crippen molar-refractivity contribution in [2.45, 2.75) is 39.2 Å². The molecule has 1 aliphatic heterocycles. The largest absolute Gasteiger partial charge is 0.507 e. The molecule has 0 amide bonds. The zero-order chi connectivity index (χ0) is 22.1. The molecule has 2 aromatic heterocycles. The molecule has 32 heavy (non-hydrogen) atoms. The van der Waals surface area contributed by atoms with Gasteiger partial charge in [0.15, 0.2) is 0 Å². The van der Waals surface area contributed by atoms with E-state index in [9.17, 15) is 9.90 Å². The number of hydrogen-bond acceptors (Lipinski definition) is 5. The van der Waals surface area contributed by atoms with Gasteiger partial charge in [0.2, 0.25) is 5.43 Å². The third kappa shape index (κ3) is 3.71. The van der Waals surface area contributed by atoms with Gasteiger partial charge in [0.05, 0.1) is 28.4 Å². The Labute approximate surface area is 186 Å². The lowest BCUT2D eigenvalue weighted by Gasteiger charge is -2.27. The van der Waals surface area contributed by atoms with Crippen LogP contribution in [0.15, 0.2) is 64.3 Å². The number of phenolic OH excluding ortho intramolecular Hbond substituents is 1. The van der Waals surface area contributed by atoms with Crippen LogP contribution in [0.1, 0.15) is 37.3 Å². The van der Waals surface area contributed by atoms with Gasteiger partial charge in [0, 0.05) is 18.3 Å². The van der Waals surface area contributed by atoms with Crippen LogP contribution in [-0.2, 0) is 13.0 Å². The van der Waals surface area contributed by atoms with Crippen LogP contribution in [-0.4, -0.2) is 32.9 Å². The van der Waals surface area contributed by atoms with Crippen LogP contribution in [0.2, 0.25) is 0 Å². The zero-order valence-electron chi connectivity index (χ0n) is 18.3. The molecule has 0 bridgehead atoms. The fraction of sp³-hybridized carbons (Fsp3) is 0.308. The maximum atomic E-state index is 13.5. The van der Waals surface area contributed by atoms with Crippen LogP contribution in [0.3, 0.4) is 0 Å². The van der Waals surface area contributed by atoms with Crippen molar-refractivity contribution >= 4 is 11.0 Å². The van der Waals surface area contributed by atoms with Crippen molar-refractivity contribution in [2.24, 2.45) is 0 Å². The standard InChI is InChI=1S/C26H27N3O3/c1-2-18-13-21-25(31)23(19-14-27-29(15-19)20-9-5-3-6-10-20)17-32-26(21)22(24(18)30)16-28-11-7-4-8-12-28/h3,5-6,9-10,13-15,17,30H,2,4,7-8,11-12,16H2,1H3. The number of rotatable bonds is 5. The second kappa shape index (κ2) is 8.63. The maximum Gasteiger partial charge on any atom is 0.200 e.